The minimum Gasteiger partial charge on any atom is -0.458 e. The molecule has 13 rings (SSSR count). The van der Waals surface area contributed by atoms with Crippen molar-refractivity contribution < 1.29 is 36.7 Å². The van der Waals surface area contributed by atoms with Crippen molar-refractivity contribution in [3.8, 4) is 56.6 Å². The minimum atomic E-state index is -1.78. The fourth-order valence-electron chi connectivity index (χ4n) is 9.28. The van der Waals surface area contributed by atoms with Gasteiger partial charge in [0.1, 0.15) is 17.3 Å². The van der Waals surface area contributed by atoms with Gasteiger partial charge in [-0.3, -0.25) is 13.7 Å². The number of aromatic nitrogens is 5. The molecule has 4 aromatic heterocycles. The topological polar surface area (TPSA) is 40.8 Å². The number of hydrogen-bond acceptors (Lipinski definition) is 2. The summed E-state index contributed by atoms with van der Waals surface area (Å²) in [5.74, 6) is 0.585. The summed E-state index contributed by atoms with van der Waals surface area (Å²) < 4.78 is 190. The Labute approximate surface area is 434 Å². The normalized spacial score (nSPS) is 16.0. The van der Waals surface area contributed by atoms with Gasteiger partial charge < -0.3 is 9.30 Å². The van der Waals surface area contributed by atoms with Gasteiger partial charge in [-0.05, 0) is 113 Å². The molecule has 0 amide bonds. The molecule has 0 saturated heterocycles. The van der Waals surface area contributed by atoms with E-state index in [0.717, 1.165) is 0 Å². The molecule has 0 bridgehead atoms. The summed E-state index contributed by atoms with van der Waals surface area (Å²) >= 11 is 0. The van der Waals surface area contributed by atoms with E-state index in [1.165, 1.54) is 16.8 Å². The van der Waals surface area contributed by atoms with Crippen molar-refractivity contribution >= 4 is 54.6 Å². The Kier molecular flexibility index (Phi) is 6.15. The number of imidazole rings is 1. The number of benzene rings is 9. The Hall–Kier alpha value is -9.00. The number of hydrogen-bond donors (Lipinski definition) is 0. The van der Waals surface area contributed by atoms with Crippen LogP contribution in [0.4, 0.5) is 0 Å². The Morgan fingerprint density at radius 3 is 1.94 bits per heavy atom. The van der Waals surface area contributed by atoms with E-state index in [4.69, 9.17) is 37.1 Å². The second kappa shape index (κ2) is 17.0. The zero-order valence-electron chi connectivity index (χ0n) is 57.3. The molecule has 0 radical (unpaired) electrons. The van der Waals surface area contributed by atoms with E-state index in [2.05, 4.69) is 6.33 Å². The van der Waals surface area contributed by atoms with Crippen molar-refractivity contribution in [2.75, 3.05) is 0 Å². The van der Waals surface area contributed by atoms with Crippen LogP contribution in [-0.2, 0) is 6.37 Å². The zero-order chi connectivity index (χ0) is 64.2. The smallest absolute Gasteiger partial charge is 0.269 e. The molecule has 6 heteroatoms. The number of para-hydroxylation sites is 5. The summed E-state index contributed by atoms with van der Waals surface area (Å²) in [5.41, 5.74) is 3.05. The summed E-state index contributed by atoms with van der Waals surface area (Å²) in [5, 5.41) is 1.06. The molecule has 0 aliphatic heterocycles. The summed E-state index contributed by atoms with van der Waals surface area (Å²) in [6, 6.07) is 22.7. The third-order valence-corrected chi connectivity index (χ3v) is 12.1. The van der Waals surface area contributed by atoms with Gasteiger partial charge in [-0.2, -0.15) is 0 Å². The van der Waals surface area contributed by atoms with E-state index < -0.39 is 121 Å². The molecule has 0 atom stereocenters. The predicted molar refractivity (Wildman–Crippen MR) is 286 cm³/mol. The standard InChI is InChI=1S/C64H47N5O/c1-43(2)37-44-35-36-65-63(38-44)69-59-34-31-48(68-57-27-11-9-23-53(57)54-24-10-12-28-58(54)68)40-56(59)55-33-32-50(41-62(55)69)70-49-22-15-21-47(39-49)66-42-67(61-30-14-13-29-60(61)66)64-51(45-17-5-3-6-18-45)25-16-26-52(64)46-19-7-4-8-20-46/h3-36,38-41,43H,37H2,1-2H3/i3D,4D,5D,6D,7D,8D,9D,10D,11D,12D,17D,18D,19D,20D,23D,24D,27D,28D,37D2. The van der Waals surface area contributed by atoms with Gasteiger partial charge in [0.05, 0.1) is 69.1 Å². The van der Waals surface area contributed by atoms with Crippen molar-refractivity contribution in [2.24, 2.45) is 5.92 Å². The molecule has 0 N–H and O–H groups in total. The third-order valence-electron chi connectivity index (χ3n) is 12.1. The molecule has 0 saturated carbocycles. The maximum absolute atomic E-state index is 9.15. The van der Waals surface area contributed by atoms with E-state index in [9.17, 15) is 0 Å². The Morgan fingerprint density at radius 1 is 0.543 bits per heavy atom. The minimum absolute atomic E-state index is 0.0501. The second-order valence-electron chi connectivity index (χ2n) is 16.8. The highest BCUT2D eigenvalue weighted by molar-refractivity contribution is 6.12. The molecular formula is C64H47N5O. The van der Waals surface area contributed by atoms with Gasteiger partial charge in [-0.15, -0.1) is 0 Å². The summed E-state index contributed by atoms with van der Waals surface area (Å²) in [6.45, 7) is 3.56. The largest absolute Gasteiger partial charge is 0.458 e. The summed E-state index contributed by atoms with van der Waals surface area (Å²) in [7, 11) is 0. The summed E-state index contributed by atoms with van der Waals surface area (Å²) in [6.07, 6.45) is 3.14. The Balaban J connectivity index is 0.993. The highest BCUT2D eigenvalue weighted by atomic mass is 16.5. The molecule has 0 spiro atoms. The second-order valence-corrected chi connectivity index (χ2v) is 16.8. The van der Waals surface area contributed by atoms with Gasteiger partial charge in [0, 0.05) is 42.2 Å². The van der Waals surface area contributed by atoms with Gasteiger partial charge in [0.2, 0.25) is 0 Å². The lowest BCUT2D eigenvalue weighted by molar-refractivity contribution is -0.571. The molecule has 0 fully saturated rings. The van der Waals surface area contributed by atoms with Crippen LogP contribution in [0.1, 0.15) is 46.8 Å². The van der Waals surface area contributed by atoms with Crippen LogP contribution in [-0.4, -0.2) is 18.7 Å². The van der Waals surface area contributed by atoms with Gasteiger partial charge in [-0.25, -0.2) is 4.98 Å². The van der Waals surface area contributed by atoms with Crippen LogP contribution in [0.15, 0.2) is 230 Å². The van der Waals surface area contributed by atoms with Crippen molar-refractivity contribution in [2.45, 2.75) is 20.2 Å². The van der Waals surface area contributed by atoms with Crippen LogP contribution in [0, 0.1) is 12.2 Å². The monoisotopic (exact) mass is 922 g/mol. The first-order valence-corrected chi connectivity index (χ1v) is 22.3. The molecule has 70 heavy (non-hydrogen) atoms. The molecule has 9 aromatic carbocycles. The number of rotatable bonds is 10. The maximum atomic E-state index is 9.15. The molecule has 0 aliphatic rings. The van der Waals surface area contributed by atoms with Crippen LogP contribution < -0.4 is 9.30 Å². The number of nitrogens with zero attached hydrogens (tertiary/aromatic N) is 5. The first-order valence-electron chi connectivity index (χ1n) is 32.3. The van der Waals surface area contributed by atoms with Gasteiger partial charge >= 0.3 is 0 Å². The van der Waals surface area contributed by atoms with E-state index in [1.54, 1.807) is 126 Å². The number of ether oxygens (including phenoxy) is 1. The Morgan fingerprint density at radius 2 is 1.21 bits per heavy atom. The van der Waals surface area contributed by atoms with Gasteiger partial charge in [0.15, 0.2) is 0 Å². The van der Waals surface area contributed by atoms with Crippen molar-refractivity contribution in [1.82, 2.24) is 18.7 Å². The fourth-order valence-corrected chi connectivity index (χ4v) is 9.28. The van der Waals surface area contributed by atoms with Crippen molar-refractivity contribution in [1.29, 1.82) is 0 Å². The molecule has 13 aromatic rings. The molecule has 0 unspecified atom stereocenters. The molecule has 4 heterocycles. The SMILES string of the molecule is [2H]c1c([2H])c([2H])c(-c2cccc(-c3c([2H])c([2H])c([2H])c([2H])c3[2H])c2-[n+]2[c-]n(-c3cccc(Oc4ccc5c6cc(-n7c8c([2H])c([2H])c([2H])c([2H])c8c8c([2H])c([2H])c([2H])c([2H])c87)ccc6n(-c6cc(C([2H])([2H])C(C)C)ccn6)c5c4)c3)c3ccccc32)c([2H])c1[2H]. The van der Waals surface area contributed by atoms with Crippen LogP contribution in [0.5, 0.6) is 11.5 Å². The molecule has 0 aliphatic carbocycles. The first kappa shape index (κ1) is 25.4. The fraction of sp³-hybridized carbons (Fsp3) is 0.0625. The van der Waals surface area contributed by atoms with Crippen LogP contribution in [0.2, 0.25) is 0 Å². The van der Waals surface area contributed by atoms with Crippen molar-refractivity contribution in [3.05, 3.63) is 242 Å². The quantitative estimate of drug-likeness (QED) is 0.101. The van der Waals surface area contributed by atoms with Gasteiger partial charge in [-0.1, -0.05) is 159 Å². The third kappa shape index (κ3) is 7.03. The first-order chi connectivity index (χ1) is 42.8. The van der Waals surface area contributed by atoms with E-state index in [1.807, 2.05) is 10.6 Å². The lowest BCUT2D eigenvalue weighted by Crippen LogP contribution is -2.31. The number of pyridine rings is 1. The number of fused-ring (bicyclic) bond motifs is 7. The average molecular weight is 922 g/mol. The highest BCUT2D eigenvalue weighted by Crippen LogP contribution is 2.40. The van der Waals surface area contributed by atoms with Gasteiger partial charge in [0.25, 0.3) is 6.33 Å². The lowest BCUT2D eigenvalue weighted by Gasteiger charge is -2.17. The molecule has 334 valence electrons. The van der Waals surface area contributed by atoms with E-state index in [-0.39, 0.29) is 49.7 Å². The molecular weight excluding hydrogens is 855 g/mol. The van der Waals surface area contributed by atoms with Crippen LogP contribution in [0.3, 0.4) is 0 Å². The maximum Gasteiger partial charge on any atom is 0.269 e. The van der Waals surface area contributed by atoms with Crippen molar-refractivity contribution in [3.63, 3.8) is 0 Å². The van der Waals surface area contributed by atoms with E-state index >= 15 is 0 Å². The predicted octanol–water partition coefficient (Wildman–Crippen LogP) is 15.6. The van der Waals surface area contributed by atoms with Crippen LogP contribution in [0.25, 0.3) is 99.8 Å². The molecule has 6 nitrogen and oxygen atoms in total. The van der Waals surface area contributed by atoms with E-state index in [0.29, 0.717) is 67.1 Å². The highest BCUT2D eigenvalue weighted by Gasteiger charge is 2.21. The Bertz CT molecular complexity index is 5080. The van der Waals surface area contributed by atoms with Crippen LogP contribution >= 0.6 is 0 Å². The lowest BCUT2D eigenvalue weighted by atomic mass is 9.95. The zero-order valence-corrected chi connectivity index (χ0v) is 37.3. The average Bonchev–Trinajstić information content (AvgIpc) is 1.52. The summed E-state index contributed by atoms with van der Waals surface area (Å²) in [4.78, 5) is 4.77.